The molecule has 1 aromatic carbocycles. The number of pyridine rings is 1. The average Bonchev–Trinajstić information content (AvgIpc) is 3.27. The number of aromatic amines is 1. The number of aromatic nitrogens is 4. The summed E-state index contributed by atoms with van der Waals surface area (Å²) >= 11 is 6.56. The van der Waals surface area contributed by atoms with Gasteiger partial charge in [-0.1, -0.05) is 29.8 Å². The summed E-state index contributed by atoms with van der Waals surface area (Å²) < 4.78 is 8.05. The molecule has 154 valence electrons. The molecule has 0 radical (unpaired) electrons. The van der Waals surface area contributed by atoms with Gasteiger partial charge in [0.1, 0.15) is 11.8 Å². The van der Waals surface area contributed by atoms with Gasteiger partial charge in [-0.3, -0.25) is 4.79 Å². The summed E-state index contributed by atoms with van der Waals surface area (Å²) in [6, 6.07) is 12.4. The van der Waals surface area contributed by atoms with Crippen LogP contribution in [0.2, 0.25) is 5.02 Å². The van der Waals surface area contributed by atoms with Gasteiger partial charge in [0.2, 0.25) is 0 Å². The molecule has 2 N–H and O–H groups in total. The van der Waals surface area contributed by atoms with E-state index in [1.807, 2.05) is 25.2 Å². The predicted octanol–water partition coefficient (Wildman–Crippen LogP) is 4.79. The highest BCUT2D eigenvalue weighted by atomic mass is 35.5. The third-order valence-electron chi connectivity index (χ3n) is 5.90. The van der Waals surface area contributed by atoms with E-state index in [1.165, 1.54) is 0 Å². The van der Waals surface area contributed by atoms with Gasteiger partial charge in [-0.15, -0.1) is 0 Å². The smallest absolute Gasteiger partial charge is 0.306 e. The zero-order valence-corrected chi connectivity index (χ0v) is 17.2. The number of H-pyrrole nitrogens is 1. The molecule has 1 fully saturated rings. The van der Waals surface area contributed by atoms with Crippen LogP contribution in [0.5, 0.6) is 6.01 Å². The van der Waals surface area contributed by atoms with Crippen molar-refractivity contribution in [2.24, 2.45) is 13.0 Å². The summed E-state index contributed by atoms with van der Waals surface area (Å²) in [5.74, 6) is -0.999. The zero-order valence-electron chi connectivity index (χ0n) is 16.4. The van der Waals surface area contributed by atoms with Crippen molar-refractivity contribution in [3.8, 4) is 17.4 Å². The third kappa shape index (κ3) is 3.29. The number of carboxylic acid groups (broad SMARTS) is 1. The van der Waals surface area contributed by atoms with Crippen LogP contribution in [0.3, 0.4) is 0 Å². The first-order chi connectivity index (χ1) is 14.5. The molecular weight excluding hydrogens is 404 g/mol. The molecule has 30 heavy (non-hydrogen) atoms. The van der Waals surface area contributed by atoms with Crippen LogP contribution in [-0.2, 0) is 11.8 Å². The molecule has 3 heterocycles. The molecule has 3 aromatic heterocycles. The van der Waals surface area contributed by atoms with Crippen molar-refractivity contribution in [2.75, 3.05) is 0 Å². The van der Waals surface area contributed by atoms with Crippen LogP contribution >= 0.6 is 11.6 Å². The van der Waals surface area contributed by atoms with Crippen LogP contribution in [0, 0.1) is 5.92 Å². The van der Waals surface area contributed by atoms with Crippen LogP contribution in [0.25, 0.3) is 33.5 Å². The molecule has 0 bridgehead atoms. The standard InChI is InChI=1S/C22H21ClN4O3/c1-27-17-5-3-2-4-13(17)10-18(27)19-15(23)11-16-20(25-19)26-22(24-16)30-14-8-6-12(7-9-14)21(28)29/h2-5,10-12,14H,6-9H2,1H3,(H,28,29)(H,24,25,26). The Morgan fingerprint density at radius 1 is 1.20 bits per heavy atom. The van der Waals surface area contributed by atoms with Gasteiger partial charge in [-0.05, 0) is 43.9 Å². The maximum absolute atomic E-state index is 11.1. The van der Waals surface area contributed by atoms with Gasteiger partial charge in [0.05, 0.1) is 22.2 Å². The van der Waals surface area contributed by atoms with Gasteiger partial charge in [-0.25, -0.2) is 4.98 Å². The Morgan fingerprint density at radius 2 is 1.97 bits per heavy atom. The van der Waals surface area contributed by atoms with E-state index in [0.717, 1.165) is 16.6 Å². The number of nitrogens with zero attached hydrogens (tertiary/aromatic N) is 3. The number of carbonyl (C=O) groups is 1. The monoisotopic (exact) mass is 424 g/mol. The van der Waals surface area contributed by atoms with E-state index >= 15 is 0 Å². The fraction of sp³-hybridized carbons (Fsp3) is 0.318. The average molecular weight is 425 g/mol. The van der Waals surface area contributed by atoms with Crippen molar-refractivity contribution >= 4 is 39.6 Å². The van der Waals surface area contributed by atoms with Crippen LogP contribution in [0.1, 0.15) is 25.7 Å². The summed E-state index contributed by atoms with van der Waals surface area (Å²) in [6.07, 6.45) is 2.59. The highest BCUT2D eigenvalue weighted by molar-refractivity contribution is 6.33. The van der Waals surface area contributed by atoms with Crippen LogP contribution in [0.15, 0.2) is 36.4 Å². The Kier molecular flexibility index (Phi) is 4.62. The quantitative estimate of drug-likeness (QED) is 0.491. The summed E-state index contributed by atoms with van der Waals surface area (Å²) in [4.78, 5) is 23.4. The molecule has 0 amide bonds. The minimum Gasteiger partial charge on any atom is -0.481 e. The summed E-state index contributed by atoms with van der Waals surface area (Å²) in [7, 11) is 1.99. The molecule has 0 unspecified atom stereocenters. The molecule has 1 aliphatic carbocycles. The number of benzene rings is 1. The molecule has 1 aliphatic rings. The Balaban J connectivity index is 1.43. The molecule has 5 rings (SSSR count). The van der Waals surface area contributed by atoms with Crippen LogP contribution in [-0.4, -0.2) is 36.7 Å². The number of aliphatic carboxylic acids is 1. The number of carboxylic acids is 1. The lowest BCUT2D eigenvalue weighted by atomic mass is 9.87. The van der Waals surface area contributed by atoms with Crippen molar-refractivity contribution < 1.29 is 14.6 Å². The number of hydrogen-bond acceptors (Lipinski definition) is 4. The first-order valence-electron chi connectivity index (χ1n) is 10.00. The lowest BCUT2D eigenvalue weighted by Gasteiger charge is -2.25. The Labute approximate surface area is 177 Å². The maximum atomic E-state index is 11.1. The van der Waals surface area contributed by atoms with E-state index in [0.29, 0.717) is 53.6 Å². The SMILES string of the molecule is Cn1c(-c2nc3nc(OC4CCC(C(=O)O)CC4)[nH]c3cc2Cl)cc2ccccc21. The molecule has 0 spiro atoms. The van der Waals surface area contributed by atoms with Gasteiger partial charge in [-0.2, -0.15) is 4.98 Å². The molecular formula is C22H21ClN4O3. The number of aryl methyl sites for hydroxylation is 1. The fourth-order valence-corrected chi connectivity index (χ4v) is 4.48. The third-order valence-corrected chi connectivity index (χ3v) is 6.19. The number of ether oxygens (including phenoxy) is 1. The highest BCUT2D eigenvalue weighted by Gasteiger charge is 2.27. The Bertz CT molecular complexity index is 1250. The minimum absolute atomic E-state index is 0.0470. The van der Waals surface area contributed by atoms with E-state index in [2.05, 4.69) is 32.7 Å². The second-order valence-electron chi connectivity index (χ2n) is 7.81. The van der Waals surface area contributed by atoms with Gasteiger partial charge < -0.3 is 19.4 Å². The van der Waals surface area contributed by atoms with E-state index in [9.17, 15) is 4.79 Å². The van der Waals surface area contributed by atoms with Gasteiger partial charge in [0.15, 0.2) is 5.65 Å². The molecule has 7 nitrogen and oxygen atoms in total. The number of imidazole rings is 1. The van der Waals surface area contributed by atoms with Crippen LogP contribution in [0.4, 0.5) is 0 Å². The topological polar surface area (TPSA) is 93.0 Å². The number of fused-ring (bicyclic) bond motifs is 2. The second kappa shape index (κ2) is 7.32. The van der Waals surface area contributed by atoms with Crippen LogP contribution < -0.4 is 4.74 Å². The normalized spacial score (nSPS) is 19.4. The van der Waals surface area contributed by atoms with Crippen molar-refractivity contribution in [2.45, 2.75) is 31.8 Å². The van der Waals surface area contributed by atoms with Gasteiger partial charge in [0, 0.05) is 18.0 Å². The maximum Gasteiger partial charge on any atom is 0.306 e. The number of para-hydroxylation sites is 1. The van der Waals surface area contributed by atoms with E-state index < -0.39 is 5.97 Å². The van der Waals surface area contributed by atoms with E-state index in [4.69, 9.17) is 26.4 Å². The molecule has 0 atom stereocenters. The van der Waals surface area contributed by atoms with Crippen molar-refractivity contribution in [1.29, 1.82) is 0 Å². The Morgan fingerprint density at radius 3 is 2.70 bits per heavy atom. The molecule has 4 aromatic rings. The first-order valence-corrected chi connectivity index (χ1v) is 10.4. The Hall–Kier alpha value is -3.06. The summed E-state index contributed by atoms with van der Waals surface area (Å²) in [5, 5.41) is 10.8. The van der Waals surface area contributed by atoms with Crippen molar-refractivity contribution in [3.05, 3.63) is 41.4 Å². The van der Waals surface area contributed by atoms with Gasteiger partial charge in [0.25, 0.3) is 6.01 Å². The first kappa shape index (κ1) is 18.9. The molecule has 8 heteroatoms. The second-order valence-corrected chi connectivity index (χ2v) is 8.22. The summed E-state index contributed by atoms with van der Waals surface area (Å²) in [5.41, 5.74) is 3.93. The number of halogens is 1. The van der Waals surface area contributed by atoms with E-state index in [-0.39, 0.29) is 12.0 Å². The lowest BCUT2D eigenvalue weighted by molar-refractivity contribution is -0.143. The summed E-state index contributed by atoms with van der Waals surface area (Å²) in [6.45, 7) is 0. The zero-order chi connectivity index (χ0) is 20.8. The van der Waals surface area contributed by atoms with Crippen molar-refractivity contribution in [1.82, 2.24) is 19.5 Å². The lowest BCUT2D eigenvalue weighted by Crippen LogP contribution is -2.28. The molecule has 1 saturated carbocycles. The molecule has 0 saturated heterocycles. The van der Waals surface area contributed by atoms with Crippen molar-refractivity contribution in [3.63, 3.8) is 0 Å². The highest BCUT2D eigenvalue weighted by Crippen LogP contribution is 2.33. The predicted molar refractivity (Wildman–Crippen MR) is 115 cm³/mol. The largest absolute Gasteiger partial charge is 0.481 e. The number of hydrogen-bond donors (Lipinski definition) is 2. The van der Waals surface area contributed by atoms with E-state index in [1.54, 1.807) is 0 Å². The number of rotatable bonds is 4. The number of nitrogens with one attached hydrogen (secondary N) is 1. The molecule has 0 aliphatic heterocycles. The van der Waals surface area contributed by atoms with Gasteiger partial charge >= 0.3 is 5.97 Å². The minimum atomic E-state index is -0.725. The fourth-order valence-electron chi connectivity index (χ4n) is 4.23.